The fourth-order valence-electron chi connectivity index (χ4n) is 8.40. The van der Waals surface area contributed by atoms with Crippen molar-refractivity contribution >= 4 is 84.6 Å². The lowest BCUT2D eigenvalue weighted by Crippen LogP contribution is -2.47. The molecule has 0 bridgehead atoms. The van der Waals surface area contributed by atoms with Crippen LogP contribution in [0.4, 0.5) is 10.8 Å². The second kappa shape index (κ2) is 48.5. The molecule has 0 spiro atoms. The van der Waals surface area contributed by atoms with Crippen LogP contribution < -0.4 is 36.5 Å². The van der Waals surface area contributed by atoms with E-state index in [1.165, 1.54) is 13.0 Å². The van der Waals surface area contributed by atoms with Crippen LogP contribution in [0.25, 0.3) is 11.0 Å². The van der Waals surface area contributed by atoms with Crippen molar-refractivity contribution in [1.29, 1.82) is 0 Å². The van der Waals surface area contributed by atoms with Gasteiger partial charge < -0.3 is 92.3 Å². The summed E-state index contributed by atoms with van der Waals surface area (Å²) < 4.78 is 99.0. The molecule has 1 aliphatic rings. The van der Waals surface area contributed by atoms with Gasteiger partial charge in [0, 0.05) is 80.9 Å². The van der Waals surface area contributed by atoms with Gasteiger partial charge >= 0.3 is 11.6 Å². The van der Waals surface area contributed by atoms with E-state index in [1.807, 2.05) is 26.0 Å². The summed E-state index contributed by atoms with van der Waals surface area (Å²) in [6.45, 7) is 15.6. The fraction of sp³-hybridized carbons (Fsp3) is 0.683. The van der Waals surface area contributed by atoms with Crippen molar-refractivity contribution in [2.75, 3.05) is 202 Å². The summed E-state index contributed by atoms with van der Waals surface area (Å²) in [5, 5.41) is 12.0. The van der Waals surface area contributed by atoms with Crippen LogP contribution in [0.5, 0.6) is 0 Å². The number of rotatable bonds is 57. The van der Waals surface area contributed by atoms with E-state index in [1.54, 1.807) is 13.0 Å². The van der Waals surface area contributed by atoms with Crippen molar-refractivity contribution in [3.8, 4) is 0 Å². The number of sulfonamides is 1. The number of aryl methyl sites for hydroxylation is 1. The van der Waals surface area contributed by atoms with Gasteiger partial charge in [-0.3, -0.25) is 28.8 Å². The van der Waals surface area contributed by atoms with Gasteiger partial charge in [-0.1, -0.05) is 0 Å². The van der Waals surface area contributed by atoms with Gasteiger partial charge in [-0.05, 0) is 58.2 Å². The quantitative estimate of drug-likeness (QED) is 0.0303. The lowest BCUT2D eigenvalue weighted by molar-refractivity contribution is -0.198. The summed E-state index contributed by atoms with van der Waals surface area (Å²) in [5.41, 5.74) is 0.404. The Hall–Kier alpha value is -6.22. The molecular formula is C60H94N8O24S2. The van der Waals surface area contributed by atoms with E-state index in [-0.39, 0.29) is 159 Å². The monoisotopic (exact) mass is 1370 g/mol. The van der Waals surface area contributed by atoms with Crippen LogP contribution in [-0.4, -0.2) is 257 Å². The number of carbonyl (C=O) groups is 7. The van der Waals surface area contributed by atoms with Gasteiger partial charge in [0.1, 0.15) is 17.2 Å². The topological polar surface area (TPSA) is 383 Å². The van der Waals surface area contributed by atoms with E-state index >= 15 is 0 Å². The molecule has 0 saturated carbocycles. The number of hydrogen-bond donors (Lipinski definition) is 5. The van der Waals surface area contributed by atoms with Crippen molar-refractivity contribution in [1.82, 2.24) is 30.7 Å². The number of fused-ring (bicyclic) bond motifs is 1. The first-order valence-electron chi connectivity index (χ1n) is 31.4. The molecule has 6 amide bonds. The summed E-state index contributed by atoms with van der Waals surface area (Å²) in [6.07, 6.45) is 1.00. The van der Waals surface area contributed by atoms with Crippen LogP contribution in [0.3, 0.4) is 0 Å². The molecule has 4 rings (SSSR count). The van der Waals surface area contributed by atoms with Crippen LogP contribution in [0.15, 0.2) is 38.5 Å². The van der Waals surface area contributed by atoms with Crippen LogP contribution in [0, 0.1) is 6.92 Å². The molecule has 530 valence electrons. The standard InChI is InChI=1S/C60H94N8O24S2/c1-5-67(6-2)48-11-10-47-43-49(59(76)91-51(47)44-48)56(74)61-16-8-7-9-50(57(75)62-17-21-81-25-29-85-33-31-84-28-24-80-20-15-55(73)92-68-53(71)12-13-54(68)72)65-52(70)14-19-79-23-27-83-32-35-87-37-39-89-41-42-90-40-38-88-36-34-86-30-26-82-22-18-63-94(77,78)58-45(3)93-60(66-58)64-46(4)69/h10-11,43-44,50,63H,5-9,12-42H2,1-4H3,(H,61,74)(H,62,75)(H,65,70)(H,64,66,69). The van der Waals surface area contributed by atoms with E-state index in [4.69, 9.17) is 66.1 Å². The minimum atomic E-state index is -3.85. The molecule has 0 aliphatic carbocycles. The molecule has 1 aromatic carbocycles. The zero-order valence-electron chi connectivity index (χ0n) is 54.3. The smallest absolute Gasteiger partial charge is 0.349 e. The maximum Gasteiger partial charge on any atom is 0.349 e. The molecule has 2 aromatic heterocycles. The molecule has 3 heterocycles. The number of hydroxylamine groups is 2. The molecule has 1 atom stereocenters. The molecule has 32 nitrogen and oxygen atoms in total. The Morgan fingerprint density at radius 3 is 1.60 bits per heavy atom. The van der Waals surface area contributed by atoms with Crippen molar-refractivity contribution in [3.63, 3.8) is 0 Å². The number of ether oxygens (including phenoxy) is 12. The number of nitrogens with one attached hydrogen (secondary N) is 5. The summed E-state index contributed by atoms with van der Waals surface area (Å²) in [6, 6.07) is 6.11. The summed E-state index contributed by atoms with van der Waals surface area (Å²) in [7, 11) is -3.85. The van der Waals surface area contributed by atoms with Crippen LogP contribution >= 0.6 is 11.3 Å². The molecule has 34 heteroatoms. The van der Waals surface area contributed by atoms with Gasteiger partial charge in [0.25, 0.3) is 27.7 Å². The molecular weight excluding hydrogens is 1280 g/mol. The molecule has 1 fully saturated rings. The highest BCUT2D eigenvalue weighted by molar-refractivity contribution is 7.89. The van der Waals surface area contributed by atoms with E-state index in [2.05, 4.69) is 35.9 Å². The summed E-state index contributed by atoms with van der Waals surface area (Å²) >= 11 is 1.08. The average molecular weight is 1380 g/mol. The molecule has 0 radical (unpaired) electrons. The molecule has 3 aromatic rings. The Morgan fingerprint density at radius 1 is 0.617 bits per heavy atom. The largest absolute Gasteiger partial charge is 0.422 e. The van der Waals surface area contributed by atoms with Gasteiger partial charge in [-0.2, -0.15) is 0 Å². The van der Waals surface area contributed by atoms with Crippen LogP contribution in [0.2, 0.25) is 0 Å². The fourth-order valence-corrected chi connectivity index (χ4v) is 10.7. The first-order chi connectivity index (χ1) is 45.5. The number of anilines is 2. The van der Waals surface area contributed by atoms with Gasteiger partial charge in [0.05, 0.1) is 165 Å². The van der Waals surface area contributed by atoms with Crippen molar-refractivity contribution in [2.24, 2.45) is 0 Å². The lowest BCUT2D eigenvalue weighted by atomic mass is 10.1. The Kier molecular flexibility index (Phi) is 41.4. The zero-order chi connectivity index (χ0) is 68.0. The Labute approximate surface area is 551 Å². The highest BCUT2D eigenvalue weighted by atomic mass is 32.2. The SMILES string of the molecule is CCN(CC)c1ccc2cc(C(=O)NCCCCC(NC(=O)CCOCCOCCOCCOCCOCCOCCOCCOCCNS(=O)(=O)c3nc(NC(C)=O)sc3C)C(=O)NCCOCCOCCOCCOCCC(=O)ON3C(=O)CCC3=O)c(=O)oc2c1. The van der Waals surface area contributed by atoms with Gasteiger partial charge in [0.15, 0.2) is 10.2 Å². The number of hydrogen-bond acceptors (Lipinski definition) is 27. The maximum atomic E-state index is 13.4. The van der Waals surface area contributed by atoms with Crippen LogP contribution in [-0.2, 0) is 100 Å². The first-order valence-corrected chi connectivity index (χ1v) is 33.7. The third kappa shape index (κ3) is 33.9. The number of amides is 6. The second-order valence-electron chi connectivity index (χ2n) is 20.4. The van der Waals surface area contributed by atoms with Crippen molar-refractivity contribution < 1.29 is 108 Å². The minimum Gasteiger partial charge on any atom is -0.422 e. The number of unbranched alkanes of at least 4 members (excludes halogenated alkanes) is 1. The van der Waals surface area contributed by atoms with E-state index in [0.29, 0.717) is 106 Å². The number of imide groups is 1. The Morgan fingerprint density at radius 2 is 1.10 bits per heavy atom. The lowest BCUT2D eigenvalue weighted by Gasteiger charge is -2.21. The number of nitrogens with zero attached hydrogens (tertiary/aromatic N) is 3. The highest BCUT2D eigenvalue weighted by Crippen LogP contribution is 2.26. The molecule has 1 aliphatic heterocycles. The first kappa shape index (κ1) is 80.2. The van der Waals surface area contributed by atoms with Gasteiger partial charge in [0.2, 0.25) is 17.7 Å². The Bertz CT molecular complexity index is 2880. The molecule has 1 saturated heterocycles. The number of aromatic nitrogens is 1. The van der Waals surface area contributed by atoms with E-state index < -0.39 is 57.2 Å². The molecule has 94 heavy (non-hydrogen) atoms. The zero-order valence-corrected chi connectivity index (χ0v) is 55.9. The number of benzene rings is 1. The van der Waals surface area contributed by atoms with Crippen LogP contribution in [0.1, 0.15) is 81.0 Å². The second-order valence-corrected chi connectivity index (χ2v) is 23.2. The normalized spacial score (nSPS) is 12.8. The number of thiazole rings is 1. The van der Waals surface area contributed by atoms with Crippen molar-refractivity contribution in [3.05, 3.63) is 45.1 Å². The third-order valence-corrected chi connectivity index (χ3v) is 15.7. The molecule has 1 unspecified atom stereocenters. The van der Waals surface area contributed by atoms with E-state index in [0.717, 1.165) is 30.1 Å². The third-order valence-electron chi connectivity index (χ3n) is 13.2. The number of carbonyl (C=O) groups excluding carboxylic acids is 7. The average Bonchev–Trinajstić information content (AvgIpc) is 0.967. The van der Waals surface area contributed by atoms with Gasteiger partial charge in [-0.15, -0.1) is 16.4 Å². The Balaban J connectivity index is 0.984. The maximum absolute atomic E-state index is 13.4. The van der Waals surface area contributed by atoms with E-state index in [9.17, 15) is 46.8 Å². The van der Waals surface area contributed by atoms with Crippen molar-refractivity contribution in [2.45, 2.75) is 83.7 Å². The van der Waals surface area contributed by atoms with Gasteiger partial charge in [-0.25, -0.2) is 27.7 Å². The predicted molar refractivity (Wildman–Crippen MR) is 340 cm³/mol. The minimum absolute atomic E-state index is 0.0154. The predicted octanol–water partition coefficient (Wildman–Crippen LogP) is 1.43. The highest BCUT2D eigenvalue weighted by Gasteiger charge is 2.33. The molecule has 5 N–H and O–H groups in total. The summed E-state index contributed by atoms with van der Waals surface area (Å²) in [5.74, 6) is -3.60. The summed E-state index contributed by atoms with van der Waals surface area (Å²) in [4.78, 5) is 110.